The van der Waals surface area contributed by atoms with Crippen molar-refractivity contribution in [2.24, 2.45) is 5.41 Å². The first-order valence-corrected chi connectivity index (χ1v) is 7.92. The number of aryl methyl sites for hydroxylation is 1. The lowest BCUT2D eigenvalue weighted by molar-refractivity contribution is 0.311. The molecule has 0 fully saturated rings. The predicted molar refractivity (Wildman–Crippen MR) is 67.2 cm³/mol. The number of halogens is 1. The second-order valence-electron chi connectivity index (χ2n) is 4.52. The summed E-state index contributed by atoms with van der Waals surface area (Å²) >= 11 is 2.35. The van der Waals surface area contributed by atoms with Gasteiger partial charge in [-0.15, -0.1) is 0 Å². The first-order chi connectivity index (χ1) is 6.12. The van der Waals surface area contributed by atoms with Crippen LogP contribution in [0.5, 0.6) is 0 Å². The summed E-state index contributed by atoms with van der Waals surface area (Å²) in [5, 5.41) is 0. The molecule has 0 spiro atoms. The van der Waals surface area contributed by atoms with Crippen molar-refractivity contribution in [3.05, 3.63) is 23.5 Å². The third kappa shape index (κ3) is 1.91. The zero-order valence-electron chi connectivity index (χ0n) is 8.01. The smallest absolute Gasteiger partial charge is 0.0337 e. The molecular weight excluding hydrogens is 293 g/mol. The van der Waals surface area contributed by atoms with Gasteiger partial charge in [-0.25, -0.2) is 0 Å². The van der Waals surface area contributed by atoms with Crippen LogP contribution < -0.4 is 0 Å². The monoisotopic (exact) mass is 307 g/mol. The minimum atomic E-state index is 0.496. The molecule has 72 valence electrons. The maximum absolute atomic E-state index is 2.37. The van der Waals surface area contributed by atoms with Crippen molar-refractivity contribution >= 4 is 30.3 Å². The molecule has 0 radical (unpaired) electrons. The molecule has 1 aliphatic carbocycles. The van der Waals surface area contributed by atoms with Gasteiger partial charge in [0.25, 0.3) is 0 Å². The van der Waals surface area contributed by atoms with E-state index >= 15 is 0 Å². The van der Waals surface area contributed by atoms with Crippen LogP contribution in [0.15, 0.2) is 12.3 Å². The summed E-state index contributed by atoms with van der Waals surface area (Å²) in [5.41, 5.74) is 3.59. The fraction of sp³-hybridized carbons (Fsp3) is 0.600. The number of aromatic nitrogens is 1. The maximum Gasteiger partial charge on any atom is 0.0337 e. The third-order valence-corrected chi connectivity index (χ3v) is 4.60. The lowest BCUT2D eigenvalue weighted by Crippen LogP contribution is -2.22. The molecule has 3 heteroatoms. The van der Waals surface area contributed by atoms with E-state index in [2.05, 4.69) is 51.3 Å². The summed E-state index contributed by atoms with van der Waals surface area (Å²) in [5.74, 6) is 0. The predicted octanol–water partition coefficient (Wildman–Crippen LogP) is 3.85. The standard InChI is InChI=1S/C10H14INS/c1-10(2)5-3-8-4-6-12(13-11)9(8)7-10/h4,6H,3,5,7H2,1-2H3. The molecule has 0 atom stereocenters. The summed E-state index contributed by atoms with van der Waals surface area (Å²) in [6.45, 7) is 4.73. The van der Waals surface area contributed by atoms with E-state index in [4.69, 9.17) is 0 Å². The Kier molecular flexibility index (Phi) is 2.66. The van der Waals surface area contributed by atoms with Gasteiger partial charge in [0.1, 0.15) is 0 Å². The highest BCUT2D eigenvalue weighted by atomic mass is 127. The Balaban J connectivity index is 2.36. The highest BCUT2D eigenvalue weighted by molar-refractivity contribution is 14.2. The lowest BCUT2D eigenvalue weighted by Gasteiger charge is -2.30. The molecule has 13 heavy (non-hydrogen) atoms. The highest BCUT2D eigenvalue weighted by Crippen LogP contribution is 2.37. The molecule has 0 saturated heterocycles. The van der Waals surface area contributed by atoms with E-state index in [-0.39, 0.29) is 0 Å². The quantitative estimate of drug-likeness (QED) is 0.714. The third-order valence-electron chi connectivity index (χ3n) is 2.84. The minimum Gasteiger partial charge on any atom is -0.287 e. The van der Waals surface area contributed by atoms with E-state index in [1.165, 1.54) is 25.0 Å². The van der Waals surface area contributed by atoms with Crippen molar-refractivity contribution in [1.82, 2.24) is 3.97 Å². The largest absolute Gasteiger partial charge is 0.287 e. The average Bonchev–Trinajstić information content (AvgIpc) is 2.44. The topological polar surface area (TPSA) is 4.93 Å². The van der Waals surface area contributed by atoms with Crippen LogP contribution in [0.25, 0.3) is 0 Å². The van der Waals surface area contributed by atoms with Gasteiger partial charge in [-0.2, -0.15) is 0 Å². The molecule has 1 aromatic heterocycles. The molecule has 0 unspecified atom stereocenters. The summed E-state index contributed by atoms with van der Waals surface area (Å²) in [6.07, 6.45) is 6.01. The van der Waals surface area contributed by atoms with Crippen molar-refractivity contribution < 1.29 is 0 Å². The summed E-state index contributed by atoms with van der Waals surface area (Å²) in [6, 6.07) is 2.27. The summed E-state index contributed by atoms with van der Waals surface area (Å²) in [4.78, 5) is 0. The van der Waals surface area contributed by atoms with E-state index in [0.29, 0.717) is 5.41 Å². The molecule has 0 N–H and O–H groups in total. The Bertz CT molecular complexity index is 303. The molecule has 0 aromatic carbocycles. The molecule has 2 rings (SSSR count). The first-order valence-electron chi connectivity index (χ1n) is 4.60. The molecule has 0 aliphatic heterocycles. The van der Waals surface area contributed by atoms with Crippen molar-refractivity contribution in [2.45, 2.75) is 33.1 Å². The van der Waals surface area contributed by atoms with Gasteiger partial charge in [0, 0.05) is 42.2 Å². The SMILES string of the molecule is CC1(C)CCc2ccn(SI)c2C1. The fourth-order valence-corrected chi connectivity index (χ4v) is 3.46. The zero-order chi connectivity index (χ0) is 9.47. The van der Waals surface area contributed by atoms with Crippen LogP contribution in [0.2, 0.25) is 0 Å². The minimum absolute atomic E-state index is 0.496. The number of hydrogen-bond donors (Lipinski definition) is 0. The van der Waals surface area contributed by atoms with Crippen LogP contribution >= 0.6 is 30.3 Å². The fourth-order valence-electron chi connectivity index (χ4n) is 1.98. The Labute approximate surface area is 96.0 Å². The van der Waals surface area contributed by atoms with E-state index in [9.17, 15) is 0 Å². The van der Waals surface area contributed by atoms with E-state index < -0.39 is 0 Å². The Morgan fingerprint density at radius 1 is 1.54 bits per heavy atom. The summed E-state index contributed by atoms with van der Waals surface area (Å²) in [7, 11) is 1.78. The van der Waals surface area contributed by atoms with Gasteiger partial charge < -0.3 is 0 Å². The van der Waals surface area contributed by atoms with Crippen LogP contribution in [-0.4, -0.2) is 3.97 Å². The number of nitrogens with zero attached hydrogens (tertiary/aromatic N) is 1. The Morgan fingerprint density at radius 3 is 3.00 bits per heavy atom. The highest BCUT2D eigenvalue weighted by Gasteiger charge is 2.27. The van der Waals surface area contributed by atoms with Crippen molar-refractivity contribution in [3.63, 3.8) is 0 Å². The van der Waals surface area contributed by atoms with Gasteiger partial charge in [0.15, 0.2) is 0 Å². The van der Waals surface area contributed by atoms with Crippen LogP contribution in [-0.2, 0) is 12.8 Å². The van der Waals surface area contributed by atoms with Gasteiger partial charge >= 0.3 is 0 Å². The molecular formula is C10H14INS. The van der Waals surface area contributed by atoms with E-state index in [1.807, 2.05) is 0 Å². The van der Waals surface area contributed by atoms with E-state index in [1.54, 1.807) is 14.7 Å². The van der Waals surface area contributed by atoms with Crippen LogP contribution in [0.4, 0.5) is 0 Å². The maximum atomic E-state index is 2.37. The van der Waals surface area contributed by atoms with Crippen molar-refractivity contribution in [2.75, 3.05) is 0 Å². The van der Waals surface area contributed by atoms with Crippen molar-refractivity contribution in [1.29, 1.82) is 0 Å². The summed E-state index contributed by atoms with van der Waals surface area (Å²) < 4.78 is 2.30. The molecule has 1 heterocycles. The van der Waals surface area contributed by atoms with Gasteiger partial charge in [-0.05, 0) is 36.3 Å². The van der Waals surface area contributed by atoms with Crippen LogP contribution in [0.3, 0.4) is 0 Å². The molecule has 1 aliphatic rings. The normalized spacial score (nSPS) is 19.9. The van der Waals surface area contributed by atoms with Crippen LogP contribution in [0.1, 0.15) is 31.5 Å². The second-order valence-corrected chi connectivity index (χ2v) is 6.24. The molecule has 0 amide bonds. The van der Waals surface area contributed by atoms with Gasteiger partial charge in [-0.1, -0.05) is 13.8 Å². The number of rotatable bonds is 1. The molecule has 1 nitrogen and oxygen atoms in total. The van der Waals surface area contributed by atoms with E-state index in [0.717, 1.165) is 0 Å². The zero-order valence-corrected chi connectivity index (χ0v) is 11.0. The molecule has 0 saturated carbocycles. The lowest BCUT2D eigenvalue weighted by atomic mass is 9.77. The molecule has 0 bridgehead atoms. The van der Waals surface area contributed by atoms with Gasteiger partial charge in [-0.3, -0.25) is 3.97 Å². The number of hydrogen-bond acceptors (Lipinski definition) is 1. The second kappa shape index (κ2) is 3.50. The molecule has 1 aromatic rings. The van der Waals surface area contributed by atoms with Gasteiger partial charge in [0.05, 0.1) is 0 Å². The van der Waals surface area contributed by atoms with Crippen molar-refractivity contribution in [3.8, 4) is 0 Å². The Hall–Kier alpha value is 0.360. The first kappa shape index (κ1) is 9.90. The average molecular weight is 307 g/mol. The Morgan fingerprint density at radius 2 is 2.31 bits per heavy atom. The van der Waals surface area contributed by atoms with Crippen LogP contribution in [0, 0.1) is 5.41 Å². The van der Waals surface area contributed by atoms with Gasteiger partial charge in [0.2, 0.25) is 0 Å². The number of fused-ring (bicyclic) bond motifs is 1.